The number of hydrogen-bond donors (Lipinski definition) is 2. The van der Waals surface area contributed by atoms with E-state index in [-0.39, 0.29) is 5.54 Å². The Morgan fingerprint density at radius 1 is 1.18 bits per heavy atom. The van der Waals surface area contributed by atoms with Crippen molar-refractivity contribution in [3.8, 4) is 0 Å². The summed E-state index contributed by atoms with van der Waals surface area (Å²) in [6.07, 6.45) is 5.27. The topological polar surface area (TPSA) is 49.3 Å². The summed E-state index contributed by atoms with van der Waals surface area (Å²) < 4.78 is 0. The average Bonchev–Trinajstić information content (AvgIpc) is 2.30. The largest absolute Gasteiger partial charge is 0.465 e. The Hall–Kier alpha value is -1.51. The Morgan fingerprint density at radius 3 is 2.41 bits per heavy atom. The molecule has 2 N–H and O–H groups in total. The third-order valence-corrected chi connectivity index (χ3v) is 3.57. The highest BCUT2D eigenvalue weighted by molar-refractivity contribution is 5.65. The van der Waals surface area contributed by atoms with Crippen LogP contribution in [0.2, 0.25) is 0 Å². The minimum absolute atomic E-state index is 0.245. The van der Waals surface area contributed by atoms with Crippen LogP contribution in [0.5, 0.6) is 0 Å². The monoisotopic (exact) mass is 233 g/mol. The lowest BCUT2D eigenvalue weighted by Crippen LogP contribution is -2.50. The van der Waals surface area contributed by atoms with Crippen molar-refractivity contribution in [1.29, 1.82) is 0 Å². The predicted molar refractivity (Wildman–Crippen MR) is 67.1 cm³/mol. The van der Waals surface area contributed by atoms with Crippen LogP contribution in [0, 0.1) is 0 Å². The summed E-state index contributed by atoms with van der Waals surface area (Å²) in [5, 5.41) is 11.8. The molecule has 0 heterocycles. The summed E-state index contributed by atoms with van der Waals surface area (Å²) in [4.78, 5) is 11.0. The van der Waals surface area contributed by atoms with Gasteiger partial charge in [0.25, 0.3) is 0 Å². The van der Waals surface area contributed by atoms with Crippen molar-refractivity contribution in [2.45, 2.75) is 44.1 Å². The molecule has 0 bridgehead atoms. The predicted octanol–water partition coefficient (Wildman–Crippen LogP) is 3.20. The number of carboxylic acid groups (broad SMARTS) is 1. The summed E-state index contributed by atoms with van der Waals surface area (Å²) in [7, 11) is 0. The molecule has 0 saturated heterocycles. The lowest BCUT2D eigenvalue weighted by Gasteiger charge is -2.37. The molecule has 0 atom stereocenters. The third-order valence-electron chi connectivity index (χ3n) is 3.57. The van der Waals surface area contributed by atoms with Gasteiger partial charge in [0.15, 0.2) is 0 Å². The zero-order valence-corrected chi connectivity index (χ0v) is 9.98. The van der Waals surface area contributed by atoms with Crippen LogP contribution in [0.1, 0.15) is 37.7 Å². The van der Waals surface area contributed by atoms with Gasteiger partial charge in [-0.15, -0.1) is 0 Å². The van der Waals surface area contributed by atoms with Crippen molar-refractivity contribution >= 4 is 6.09 Å². The zero-order chi connectivity index (χ0) is 12.1. The zero-order valence-electron chi connectivity index (χ0n) is 9.98. The molecule has 0 radical (unpaired) electrons. The molecular formula is C14H19NO2. The molecule has 1 aliphatic rings. The summed E-state index contributed by atoms with van der Waals surface area (Å²) in [5.74, 6) is 0. The number of amides is 1. The highest BCUT2D eigenvalue weighted by Crippen LogP contribution is 2.31. The van der Waals surface area contributed by atoms with Crippen molar-refractivity contribution in [3.63, 3.8) is 0 Å². The molecule has 1 aromatic carbocycles. The van der Waals surface area contributed by atoms with Crippen LogP contribution >= 0.6 is 0 Å². The number of hydrogen-bond acceptors (Lipinski definition) is 1. The van der Waals surface area contributed by atoms with Crippen LogP contribution in [0.4, 0.5) is 4.79 Å². The van der Waals surface area contributed by atoms with E-state index in [9.17, 15) is 4.79 Å². The second-order valence-corrected chi connectivity index (χ2v) is 4.93. The van der Waals surface area contributed by atoms with E-state index in [1.165, 1.54) is 12.0 Å². The van der Waals surface area contributed by atoms with Gasteiger partial charge in [-0.25, -0.2) is 4.79 Å². The normalized spacial score (nSPS) is 18.6. The molecule has 0 aliphatic heterocycles. The molecule has 0 unspecified atom stereocenters. The number of carbonyl (C=O) groups is 1. The fourth-order valence-electron chi connectivity index (χ4n) is 2.79. The summed E-state index contributed by atoms with van der Waals surface area (Å²) in [6, 6.07) is 10.1. The maximum atomic E-state index is 11.0. The van der Waals surface area contributed by atoms with E-state index in [1.807, 2.05) is 18.2 Å². The first-order valence-corrected chi connectivity index (χ1v) is 6.25. The fraction of sp³-hybridized carbons (Fsp3) is 0.500. The Kier molecular flexibility index (Phi) is 3.67. The van der Waals surface area contributed by atoms with Gasteiger partial charge >= 0.3 is 6.09 Å². The standard InChI is InChI=1S/C14H19NO2/c16-13(17)15-14(9-5-2-6-10-14)11-12-7-3-1-4-8-12/h1,3-4,7-8,15H,2,5-6,9-11H2,(H,16,17). The van der Waals surface area contributed by atoms with Crippen molar-refractivity contribution in [2.24, 2.45) is 0 Å². The molecule has 0 aromatic heterocycles. The van der Waals surface area contributed by atoms with E-state index in [0.29, 0.717) is 0 Å². The smallest absolute Gasteiger partial charge is 0.405 e. The minimum atomic E-state index is -0.900. The molecule has 92 valence electrons. The van der Waals surface area contributed by atoms with E-state index in [1.54, 1.807) is 0 Å². The number of rotatable bonds is 3. The molecular weight excluding hydrogens is 214 g/mol. The maximum Gasteiger partial charge on any atom is 0.405 e. The minimum Gasteiger partial charge on any atom is -0.465 e. The van der Waals surface area contributed by atoms with Crippen LogP contribution < -0.4 is 5.32 Å². The molecule has 2 rings (SSSR count). The van der Waals surface area contributed by atoms with Gasteiger partial charge in [-0.1, -0.05) is 49.6 Å². The van der Waals surface area contributed by atoms with Crippen molar-refractivity contribution in [1.82, 2.24) is 5.32 Å². The van der Waals surface area contributed by atoms with Crippen LogP contribution in [0.15, 0.2) is 30.3 Å². The fourth-order valence-corrected chi connectivity index (χ4v) is 2.79. The molecule has 1 aromatic rings. The van der Waals surface area contributed by atoms with Gasteiger partial charge in [-0.05, 0) is 24.8 Å². The van der Waals surface area contributed by atoms with E-state index in [2.05, 4.69) is 17.4 Å². The summed E-state index contributed by atoms with van der Waals surface area (Å²) >= 11 is 0. The van der Waals surface area contributed by atoms with Gasteiger partial charge in [0.1, 0.15) is 0 Å². The Bertz CT molecular complexity index is 369. The lowest BCUT2D eigenvalue weighted by molar-refractivity contribution is 0.162. The maximum absolute atomic E-state index is 11.0. The quantitative estimate of drug-likeness (QED) is 0.842. The van der Waals surface area contributed by atoms with Crippen LogP contribution in [-0.2, 0) is 6.42 Å². The van der Waals surface area contributed by atoms with Gasteiger partial charge in [-0.2, -0.15) is 0 Å². The van der Waals surface area contributed by atoms with E-state index >= 15 is 0 Å². The Balaban J connectivity index is 2.12. The summed E-state index contributed by atoms with van der Waals surface area (Å²) in [5.41, 5.74) is 0.967. The molecule has 3 nitrogen and oxygen atoms in total. The molecule has 1 aliphatic carbocycles. The van der Waals surface area contributed by atoms with Gasteiger partial charge in [0, 0.05) is 5.54 Å². The highest BCUT2D eigenvalue weighted by atomic mass is 16.4. The SMILES string of the molecule is O=C(O)NC1(Cc2ccccc2)CCCCC1. The van der Waals surface area contributed by atoms with Gasteiger partial charge in [0.05, 0.1) is 0 Å². The van der Waals surface area contributed by atoms with Crippen LogP contribution in [-0.4, -0.2) is 16.7 Å². The second kappa shape index (κ2) is 5.21. The lowest BCUT2D eigenvalue weighted by atomic mass is 9.77. The first kappa shape index (κ1) is 12.0. The molecule has 0 spiro atoms. The van der Waals surface area contributed by atoms with Gasteiger partial charge < -0.3 is 10.4 Å². The van der Waals surface area contributed by atoms with E-state index in [0.717, 1.165) is 32.1 Å². The van der Waals surface area contributed by atoms with E-state index in [4.69, 9.17) is 5.11 Å². The molecule has 17 heavy (non-hydrogen) atoms. The highest BCUT2D eigenvalue weighted by Gasteiger charge is 2.33. The number of benzene rings is 1. The van der Waals surface area contributed by atoms with Gasteiger partial charge in [-0.3, -0.25) is 0 Å². The Morgan fingerprint density at radius 2 is 1.82 bits per heavy atom. The second-order valence-electron chi connectivity index (χ2n) is 4.93. The first-order valence-electron chi connectivity index (χ1n) is 6.25. The molecule has 1 saturated carbocycles. The van der Waals surface area contributed by atoms with Crippen molar-refractivity contribution in [3.05, 3.63) is 35.9 Å². The van der Waals surface area contributed by atoms with Gasteiger partial charge in [0.2, 0.25) is 0 Å². The Labute approximate surface area is 102 Å². The molecule has 3 heteroatoms. The van der Waals surface area contributed by atoms with Crippen LogP contribution in [0.25, 0.3) is 0 Å². The van der Waals surface area contributed by atoms with Crippen LogP contribution in [0.3, 0.4) is 0 Å². The average molecular weight is 233 g/mol. The first-order chi connectivity index (χ1) is 8.20. The molecule has 1 fully saturated rings. The van der Waals surface area contributed by atoms with E-state index < -0.39 is 6.09 Å². The summed E-state index contributed by atoms with van der Waals surface area (Å²) in [6.45, 7) is 0. The third kappa shape index (κ3) is 3.22. The number of nitrogens with one attached hydrogen (secondary N) is 1. The van der Waals surface area contributed by atoms with Crippen molar-refractivity contribution < 1.29 is 9.90 Å². The molecule has 1 amide bonds. The van der Waals surface area contributed by atoms with Crippen molar-refractivity contribution in [2.75, 3.05) is 0 Å².